The molecule has 0 N–H and O–H groups in total. The van der Waals surface area contributed by atoms with Crippen molar-refractivity contribution in [1.29, 1.82) is 0 Å². The first-order valence-corrected chi connectivity index (χ1v) is 15.5. The second-order valence-electron chi connectivity index (χ2n) is 8.68. The molecule has 0 bridgehead atoms. The summed E-state index contributed by atoms with van der Waals surface area (Å²) in [5.74, 6) is 0. The first-order chi connectivity index (χ1) is 18.9. The van der Waals surface area contributed by atoms with Gasteiger partial charge in [0, 0.05) is 17.1 Å². The number of benzene rings is 6. The van der Waals surface area contributed by atoms with E-state index < -0.39 is 15.8 Å². The van der Waals surface area contributed by atoms with E-state index >= 15 is 0 Å². The van der Waals surface area contributed by atoms with Crippen molar-refractivity contribution in [2.24, 2.45) is 0 Å². The standard InChI is InChI=1S/2C18H15P.BrH.Cu/c2*1-4-10-16(11-5-1)19(17-12-6-2-7-13-17)18-14-8-3-9-15-18;;/h2*1-15H;1H;. The van der Waals surface area contributed by atoms with Gasteiger partial charge in [-0.1, -0.05) is 182 Å². The number of hydrogen-bond donors (Lipinski definition) is 0. The Hall–Kier alpha value is -2.82. The summed E-state index contributed by atoms with van der Waals surface area (Å²) in [6, 6.07) is 64.7. The predicted octanol–water partition coefficient (Wildman–Crippen LogP) is 7.47. The summed E-state index contributed by atoms with van der Waals surface area (Å²) in [6.45, 7) is 0. The Labute approximate surface area is 262 Å². The molecule has 1 radical (unpaired) electrons. The molecule has 0 aliphatic heterocycles. The van der Waals surface area contributed by atoms with Crippen molar-refractivity contribution >= 4 is 64.7 Å². The van der Waals surface area contributed by atoms with Crippen LogP contribution in [-0.4, -0.2) is 0 Å². The molecule has 0 atom stereocenters. The average molecular weight is 669 g/mol. The van der Waals surface area contributed by atoms with E-state index in [9.17, 15) is 0 Å². The topological polar surface area (TPSA) is 0 Å². The van der Waals surface area contributed by atoms with Gasteiger partial charge in [-0.15, -0.1) is 17.0 Å². The summed E-state index contributed by atoms with van der Waals surface area (Å²) in [6.07, 6.45) is 0. The monoisotopic (exact) mass is 667 g/mol. The molecule has 0 spiro atoms. The van der Waals surface area contributed by atoms with E-state index in [1.807, 2.05) is 0 Å². The first kappa shape index (κ1) is 31.7. The van der Waals surface area contributed by atoms with Crippen LogP contribution in [0, 0.1) is 0 Å². The van der Waals surface area contributed by atoms with Crippen LogP contribution in [0.3, 0.4) is 0 Å². The van der Waals surface area contributed by atoms with E-state index in [1.54, 1.807) is 0 Å². The zero-order chi connectivity index (χ0) is 25.8. The van der Waals surface area contributed by atoms with Gasteiger partial charge in [0.2, 0.25) is 0 Å². The molecule has 40 heavy (non-hydrogen) atoms. The van der Waals surface area contributed by atoms with Crippen LogP contribution in [0.1, 0.15) is 0 Å². The summed E-state index contributed by atoms with van der Waals surface area (Å²) in [7, 11) is -0.892. The van der Waals surface area contributed by atoms with Crippen LogP contribution < -0.4 is 31.8 Å². The smallest absolute Gasteiger partial charge is 0 e. The predicted molar refractivity (Wildman–Crippen MR) is 181 cm³/mol. The van der Waals surface area contributed by atoms with E-state index in [0.717, 1.165) is 0 Å². The van der Waals surface area contributed by atoms with Crippen LogP contribution in [0.2, 0.25) is 0 Å². The van der Waals surface area contributed by atoms with Crippen molar-refractivity contribution in [1.82, 2.24) is 0 Å². The van der Waals surface area contributed by atoms with E-state index in [1.165, 1.54) is 31.8 Å². The molecule has 0 aliphatic rings. The third-order valence-electron chi connectivity index (χ3n) is 6.09. The van der Waals surface area contributed by atoms with Crippen LogP contribution in [0.4, 0.5) is 0 Å². The van der Waals surface area contributed by atoms with Crippen molar-refractivity contribution in [3.05, 3.63) is 182 Å². The molecule has 0 saturated heterocycles. The molecule has 0 unspecified atom stereocenters. The fourth-order valence-electron chi connectivity index (χ4n) is 4.36. The van der Waals surface area contributed by atoms with Crippen molar-refractivity contribution in [2.45, 2.75) is 0 Å². The van der Waals surface area contributed by atoms with Gasteiger partial charge >= 0.3 is 0 Å². The van der Waals surface area contributed by atoms with E-state index in [4.69, 9.17) is 0 Å². The van der Waals surface area contributed by atoms with Gasteiger partial charge in [-0.05, 0) is 47.7 Å². The van der Waals surface area contributed by atoms with Gasteiger partial charge in [0.05, 0.1) is 0 Å². The van der Waals surface area contributed by atoms with Crippen LogP contribution in [0.5, 0.6) is 0 Å². The molecule has 0 amide bonds. The van der Waals surface area contributed by atoms with Crippen LogP contribution >= 0.6 is 32.8 Å². The van der Waals surface area contributed by atoms with Gasteiger partial charge < -0.3 is 0 Å². The van der Waals surface area contributed by atoms with Gasteiger partial charge in [-0.25, -0.2) is 0 Å². The van der Waals surface area contributed by atoms with Gasteiger partial charge in [0.25, 0.3) is 0 Å². The first-order valence-electron chi connectivity index (χ1n) is 12.8. The molecule has 0 nitrogen and oxygen atoms in total. The minimum absolute atomic E-state index is 0. The zero-order valence-corrected chi connectivity index (χ0v) is 26.4. The maximum atomic E-state index is 2.23. The largest absolute Gasteiger partial charge is 0.114 e. The van der Waals surface area contributed by atoms with Crippen LogP contribution in [-0.2, 0) is 17.1 Å². The summed E-state index contributed by atoms with van der Waals surface area (Å²) in [4.78, 5) is 0. The van der Waals surface area contributed by atoms with Crippen LogP contribution in [0.15, 0.2) is 182 Å². The molecule has 4 heteroatoms. The fraction of sp³-hybridized carbons (Fsp3) is 0. The molecule has 0 aromatic heterocycles. The Bertz CT molecular complexity index is 1180. The maximum Gasteiger partial charge on any atom is 0 e. The van der Waals surface area contributed by atoms with Gasteiger partial charge in [-0.3, -0.25) is 0 Å². The second-order valence-corrected chi connectivity index (χ2v) is 13.1. The van der Waals surface area contributed by atoms with E-state index in [-0.39, 0.29) is 34.1 Å². The molecule has 203 valence electrons. The Morgan fingerprint density at radius 1 is 0.225 bits per heavy atom. The van der Waals surface area contributed by atoms with Gasteiger partial charge in [-0.2, -0.15) is 0 Å². The molecule has 0 fully saturated rings. The summed E-state index contributed by atoms with van der Waals surface area (Å²) in [5, 5.41) is 8.39. The minimum atomic E-state index is -0.446. The molecule has 6 aromatic carbocycles. The Kier molecular flexibility index (Phi) is 13.5. The van der Waals surface area contributed by atoms with Gasteiger partial charge in [0.15, 0.2) is 0 Å². The van der Waals surface area contributed by atoms with Crippen molar-refractivity contribution in [3.8, 4) is 0 Å². The quantitative estimate of drug-likeness (QED) is 0.128. The normalized spacial score (nSPS) is 10.1. The van der Waals surface area contributed by atoms with Crippen molar-refractivity contribution < 1.29 is 17.1 Å². The molecule has 0 saturated carbocycles. The Morgan fingerprint density at radius 3 is 0.475 bits per heavy atom. The maximum absolute atomic E-state index is 2.23. The third-order valence-corrected chi connectivity index (χ3v) is 11.0. The van der Waals surface area contributed by atoms with Crippen molar-refractivity contribution in [3.63, 3.8) is 0 Å². The van der Waals surface area contributed by atoms with Crippen molar-refractivity contribution in [2.75, 3.05) is 0 Å². The molecular formula is C36H31BrCuP2. The van der Waals surface area contributed by atoms with Gasteiger partial charge in [0.1, 0.15) is 0 Å². The van der Waals surface area contributed by atoms with Crippen LogP contribution in [0.25, 0.3) is 0 Å². The molecule has 6 aromatic rings. The average Bonchev–Trinajstić information content (AvgIpc) is 3.01. The summed E-state index contributed by atoms with van der Waals surface area (Å²) < 4.78 is 0. The third kappa shape index (κ3) is 8.59. The molecular weight excluding hydrogens is 638 g/mol. The number of halogens is 1. The molecule has 0 aliphatic carbocycles. The fourth-order valence-corrected chi connectivity index (χ4v) is 8.97. The molecule has 6 rings (SSSR count). The van der Waals surface area contributed by atoms with E-state index in [0.29, 0.717) is 0 Å². The number of rotatable bonds is 6. The Morgan fingerprint density at radius 2 is 0.350 bits per heavy atom. The summed E-state index contributed by atoms with van der Waals surface area (Å²) in [5.41, 5.74) is 0. The minimum Gasteiger partial charge on any atom is -0.114 e. The SMILES string of the molecule is Br.[Cu].c1ccc(P(c2ccccc2)c2ccccc2)cc1.c1ccc(P(c2ccccc2)c2ccccc2)cc1. The zero-order valence-electron chi connectivity index (χ0n) is 21.9. The van der Waals surface area contributed by atoms with E-state index in [2.05, 4.69) is 182 Å². The number of hydrogen-bond acceptors (Lipinski definition) is 0. The second kappa shape index (κ2) is 17.1. The molecule has 0 heterocycles. The Balaban J connectivity index is 0.000000210. The summed E-state index contributed by atoms with van der Waals surface area (Å²) >= 11 is 0.